The van der Waals surface area contributed by atoms with Crippen molar-refractivity contribution in [2.75, 3.05) is 6.61 Å². The molecule has 3 nitrogen and oxygen atoms in total. The number of fused-ring (bicyclic) bond motifs is 1. The molecule has 0 aliphatic carbocycles. The molecule has 1 aromatic carbocycles. The van der Waals surface area contributed by atoms with Crippen molar-refractivity contribution in [1.29, 1.82) is 0 Å². The second kappa shape index (κ2) is 3.25. The van der Waals surface area contributed by atoms with Gasteiger partial charge in [0.05, 0.1) is 12.1 Å². The molecule has 3 heteroatoms. The van der Waals surface area contributed by atoms with Crippen LogP contribution >= 0.6 is 0 Å². The Morgan fingerprint density at radius 1 is 1.36 bits per heavy atom. The first-order valence-electron chi connectivity index (χ1n) is 4.64. The number of aromatic hydroxyl groups is 1. The summed E-state index contributed by atoms with van der Waals surface area (Å²) in [6.07, 6.45) is 1.92. The number of aryl methyl sites for hydroxylation is 1. The number of hydrogen-bond acceptors (Lipinski definition) is 2. The maximum atomic E-state index is 9.86. The van der Waals surface area contributed by atoms with Crippen LogP contribution in [0.3, 0.4) is 0 Å². The summed E-state index contributed by atoms with van der Waals surface area (Å²) in [6.45, 7) is 2.46. The summed E-state index contributed by atoms with van der Waals surface area (Å²) in [7, 11) is 1.95. The molecule has 0 spiro atoms. The minimum absolute atomic E-state index is 0.227. The van der Waals surface area contributed by atoms with E-state index in [1.165, 1.54) is 0 Å². The molecule has 14 heavy (non-hydrogen) atoms. The lowest BCUT2D eigenvalue weighted by atomic mass is 10.2. The quantitative estimate of drug-likeness (QED) is 0.790. The van der Waals surface area contributed by atoms with Crippen molar-refractivity contribution in [3.63, 3.8) is 0 Å². The molecule has 0 radical (unpaired) electrons. The lowest BCUT2D eigenvalue weighted by molar-refractivity contribution is 0.320. The number of rotatable bonds is 2. The second-order valence-corrected chi connectivity index (χ2v) is 3.20. The molecule has 1 aromatic heterocycles. The molecule has 1 heterocycles. The van der Waals surface area contributed by atoms with Crippen LogP contribution in [0.4, 0.5) is 0 Å². The fourth-order valence-electron chi connectivity index (χ4n) is 1.59. The molecule has 0 amide bonds. The van der Waals surface area contributed by atoms with Crippen LogP contribution in [0, 0.1) is 0 Å². The van der Waals surface area contributed by atoms with E-state index in [1.54, 1.807) is 6.07 Å². The van der Waals surface area contributed by atoms with Gasteiger partial charge in [-0.2, -0.15) is 0 Å². The molecule has 1 N–H and O–H groups in total. The molecular formula is C11H13NO2. The first kappa shape index (κ1) is 8.94. The minimum Gasteiger partial charge on any atom is -0.504 e. The van der Waals surface area contributed by atoms with Gasteiger partial charge in [0, 0.05) is 18.6 Å². The van der Waals surface area contributed by atoms with E-state index in [0.29, 0.717) is 12.4 Å². The van der Waals surface area contributed by atoms with Gasteiger partial charge in [-0.3, -0.25) is 0 Å². The van der Waals surface area contributed by atoms with Gasteiger partial charge >= 0.3 is 0 Å². The third kappa shape index (κ3) is 1.21. The van der Waals surface area contributed by atoms with Crippen LogP contribution in [0.15, 0.2) is 24.4 Å². The molecule has 0 bridgehead atoms. The van der Waals surface area contributed by atoms with Crippen molar-refractivity contribution < 1.29 is 9.84 Å². The standard InChI is InChI=1S/C11H13NO2/c1-3-14-10-5-4-9-8(11(10)13)6-7-12(9)2/h4-7,13H,3H2,1-2H3. The van der Waals surface area contributed by atoms with Crippen LogP contribution in [0.2, 0.25) is 0 Å². The monoisotopic (exact) mass is 191 g/mol. The van der Waals surface area contributed by atoms with E-state index in [9.17, 15) is 5.11 Å². The summed E-state index contributed by atoms with van der Waals surface area (Å²) < 4.78 is 7.26. The Balaban J connectivity index is 2.63. The number of benzene rings is 1. The number of hydrogen-bond donors (Lipinski definition) is 1. The average molecular weight is 191 g/mol. The molecule has 0 saturated heterocycles. The first-order chi connectivity index (χ1) is 6.74. The van der Waals surface area contributed by atoms with E-state index in [4.69, 9.17) is 4.74 Å². The van der Waals surface area contributed by atoms with Crippen molar-refractivity contribution >= 4 is 10.9 Å². The van der Waals surface area contributed by atoms with E-state index in [1.807, 2.05) is 36.9 Å². The van der Waals surface area contributed by atoms with Gasteiger partial charge in [-0.15, -0.1) is 0 Å². The van der Waals surface area contributed by atoms with Crippen molar-refractivity contribution in [1.82, 2.24) is 4.57 Å². The third-order valence-corrected chi connectivity index (χ3v) is 2.30. The Kier molecular flexibility index (Phi) is 2.08. The third-order valence-electron chi connectivity index (χ3n) is 2.30. The number of aromatic nitrogens is 1. The van der Waals surface area contributed by atoms with Gasteiger partial charge in [-0.05, 0) is 25.1 Å². The zero-order valence-corrected chi connectivity index (χ0v) is 8.32. The molecule has 0 fully saturated rings. The fraction of sp³-hybridized carbons (Fsp3) is 0.273. The summed E-state index contributed by atoms with van der Waals surface area (Å²) in [5, 5.41) is 10.7. The zero-order chi connectivity index (χ0) is 10.1. The summed E-state index contributed by atoms with van der Waals surface area (Å²) in [5.74, 6) is 0.774. The van der Waals surface area contributed by atoms with Crippen LogP contribution in [-0.2, 0) is 7.05 Å². The van der Waals surface area contributed by atoms with Crippen LogP contribution in [0.25, 0.3) is 10.9 Å². The van der Waals surface area contributed by atoms with Gasteiger partial charge in [0.2, 0.25) is 0 Å². The highest BCUT2D eigenvalue weighted by atomic mass is 16.5. The average Bonchev–Trinajstić information content (AvgIpc) is 2.54. The summed E-state index contributed by atoms with van der Waals surface area (Å²) in [5.41, 5.74) is 1.01. The van der Waals surface area contributed by atoms with Gasteiger partial charge in [-0.1, -0.05) is 0 Å². The van der Waals surface area contributed by atoms with Gasteiger partial charge in [0.15, 0.2) is 11.5 Å². The molecule has 2 rings (SSSR count). The highest BCUT2D eigenvalue weighted by molar-refractivity contribution is 5.88. The topological polar surface area (TPSA) is 34.4 Å². The van der Waals surface area contributed by atoms with Crippen LogP contribution in [0.1, 0.15) is 6.92 Å². The normalized spacial score (nSPS) is 10.7. The predicted octanol–water partition coefficient (Wildman–Crippen LogP) is 2.28. The van der Waals surface area contributed by atoms with E-state index in [-0.39, 0.29) is 5.75 Å². The summed E-state index contributed by atoms with van der Waals surface area (Å²) in [6, 6.07) is 5.62. The van der Waals surface area contributed by atoms with Gasteiger partial charge in [0.25, 0.3) is 0 Å². The molecule has 0 aliphatic heterocycles. The number of nitrogens with zero attached hydrogens (tertiary/aromatic N) is 1. The van der Waals surface area contributed by atoms with Crippen molar-refractivity contribution in [3.8, 4) is 11.5 Å². The van der Waals surface area contributed by atoms with E-state index in [2.05, 4.69) is 0 Å². The van der Waals surface area contributed by atoms with Gasteiger partial charge < -0.3 is 14.4 Å². The lowest BCUT2D eigenvalue weighted by Gasteiger charge is -2.06. The Morgan fingerprint density at radius 3 is 2.86 bits per heavy atom. The molecule has 0 unspecified atom stereocenters. The predicted molar refractivity (Wildman–Crippen MR) is 55.8 cm³/mol. The van der Waals surface area contributed by atoms with Crippen molar-refractivity contribution in [2.45, 2.75) is 6.92 Å². The lowest BCUT2D eigenvalue weighted by Crippen LogP contribution is -1.92. The molecular weight excluding hydrogens is 178 g/mol. The number of phenols is 1. The Labute approximate surface area is 82.5 Å². The largest absolute Gasteiger partial charge is 0.504 e. The van der Waals surface area contributed by atoms with E-state index >= 15 is 0 Å². The Hall–Kier alpha value is -1.64. The van der Waals surface area contributed by atoms with Crippen LogP contribution in [0.5, 0.6) is 11.5 Å². The minimum atomic E-state index is 0.227. The molecule has 0 atom stereocenters. The van der Waals surface area contributed by atoms with E-state index in [0.717, 1.165) is 10.9 Å². The molecule has 0 saturated carbocycles. The Morgan fingerprint density at radius 2 is 2.14 bits per heavy atom. The van der Waals surface area contributed by atoms with Gasteiger partial charge in [0.1, 0.15) is 0 Å². The maximum absolute atomic E-state index is 9.86. The summed E-state index contributed by atoms with van der Waals surface area (Å²) >= 11 is 0. The zero-order valence-electron chi connectivity index (χ0n) is 8.32. The molecule has 74 valence electrons. The SMILES string of the molecule is CCOc1ccc2c(ccn2C)c1O. The summed E-state index contributed by atoms with van der Waals surface area (Å²) in [4.78, 5) is 0. The van der Waals surface area contributed by atoms with Gasteiger partial charge in [-0.25, -0.2) is 0 Å². The second-order valence-electron chi connectivity index (χ2n) is 3.20. The smallest absolute Gasteiger partial charge is 0.167 e. The van der Waals surface area contributed by atoms with Crippen LogP contribution < -0.4 is 4.74 Å². The fourth-order valence-corrected chi connectivity index (χ4v) is 1.59. The Bertz CT molecular complexity index is 460. The first-order valence-corrected chi connectivity index (χ1v) is 4.64. The molecule has 2 aromatic rings. The highest BCUT2D eigenvalue weighted by Crippen LogP contribution is 2.34. The molecule has 0 aliphatic rings. The van der Waals surface area contributed by atoms with Crippen molar-refractivity contribution in [2.24, 2.45) is 7.05 Å². The number of phenolic OH excluding ortho intramolecular Hbond substituents is 1. The van der Waals surface area contributed by atoms with Crippen molar-refractivity contribution in [3.05, 3.63) is 24.4 Å². The number of ether oxygens (including phenoxy) is 1. The highest BCUT2D eigenvalue weighted by Gasteiger charge is 2.08. The maximum Gasteiger partial charge on any atom is 0.167 e. The van der Waals surface area contributed by atoms with Crippen LogP contribution in [-0.4, -0.2) is 16.3 Å². The van der Waals surface area contributed by atoms with E-state index < -0.39 is 0 Å².